The van der Waals surface area contributed by atoms with Crippen LogP contribution in [-0.2, 0) is 22.7 Å². The van der Waals surface area contributed by atoms with Gasteiger partial charge in [-0.25, -0.2) is 8.42 Å². The molecule has 1 aromatic heterocycles. The van der Waals surface area contributed by atoms with Crippen molar-refractivity contribution < 1.29 is 21.6 Å². The standard InChI is InChI=1S/C13H13ClF3N3O2S/c1-3-20-7-12(8(2)18-20)23(21,22)19-11-5-4-9(14)6-10(11)13(15,16)17/h4-7,19H,3H2,1-2H3. The zero-order valence-electron chi connectivity index (χ0n) is 12.1. The molecule has 0 amide bonds. The number of rotatable bonds is 4. The molecule has 23 heavy (non-hydrogen) atoms. The van der Waals surface area contributed by atoms with Crippen molar-refractivity contribution in [3.63, 3.8) is 0 Å². The van der Waals surface area contributed by atoms with Crippen molar-refractivity contribution in [1.82, 2.24) is 9.78 Å². The number of nitrogens with zero attached hydrogens (tertiary/aromatic N) is 2. The van der Waals surface area contributed by atoms with E-state index in [9.17, 15) is 21.6 Å². The lowest BCUT2D eigenvalue weighted by molar-refractivity contribution is -0.136. The second kappa shape index (κ2) is 6.04. The molecule has 2 rings (SSSR count). The number of hydrogen-bond acceptors (Lipinski definition) is 3. The molecule has 0 atom stereocenters. The minimum atomic E-state index is -4.74. The van der Waals surface area contributed by atoms with Gasteiger partial charge in [0.15, 0.2) is 0 Å². The summed E-state index contributed by atoms with van der Waals surface area (Å²) in [6.07, 6.45) is -3.48. The lowest BCUT2D eigenvalue weighted by Crippen LogP contribution is -2.17. The zero-order chi connectivity index (χ0) is 17.4. The van der Waals surface area contributed by atoms with Gasteiger partial charge in [0.05, 0.1) is 16.9 Å². The number of sulfonamides is 1. The molecule has 0 aliphatic carbocycles. The van der Waals surface area contributed by atoms with Crippen molar-refractivity contribution in [3.8, 4) is 0 Å². The average molecular weight is 368 g/mol. The Labute approximate surface area is 136 Å². The number of anilines is 1. The van der Waals surface area contributed by atoms with Gasteiger partial charge in [0.2, 0.25) is 0 Å². The van der Waals surface area contributed by atoms with E-state index in [-0.39, 0.29) is 15.6 Å². The average Bonchev–Trinajstić information content (AvgIpc) is 2.81. The molecule has 1 N–H and O–H groups in total. The third-order valence-electron chi connectivity index (χ3n) is 3.05. The molecule has 10 heteroatoms. The van der Waals surface area contributed by atoms with E-state index < -0.39 is 27.5 Å². The van der Waals surface area contributed by atoms with Gasteiger partial charge in [-0.2, -0.15) is 18.3 Å². The van der Waals surface area contributed by atoms with Crippen LogP contribution in [0.4, 0.5) is 18.9 Å². The Balaban J connectivity index is 2.47. The van der Waals surface area contributed by atoms with E-state index in [4.69, 9.17) is 11.6 Å². The highest BCUT2D eigenvalue weighted by atomic mass is 35.5. The quantitative estimate of drug-likeness (QED) is 0.896. The van der Waals surface area contributed by atoms with E-state index >= 15 is 0 Å². The highest BCUT2D eigenvalue weighted by molar-refractivity contribution is 7.92. The van der Waals surface area contributed by atoms with Crippen LogP contribution >= 0.6 is 11.6 Å². The van der Waals surface area contributed by atoms with Crippen LogP contribution < -0.4 is 4.72 Å². The van der Waals surface area contributed by atoms with E-state index in [1.807, 2.05) is 4.72 Å². The van der Waals surface area contributed by atoms with Crippen LogP contribution in [0.15, 0.2) is 29.3 Å². The number of aryl methyl sites for hydroxylation is 2. The smallest absolute Gasteiger partial charge is 0.279 e. The Hall–Kier alpha value is -1.74. The van der Waals surface area contributed by atoms with Crippen molar-refractivity contribution in [2.75, 3.05) is 4.72 Å². The molecule has 0 aliphatic heterocycles. The second-order valence-electron chi connectivity index (χ2n) is 4.73. The number of hydrogen-bond donors (Lipinski definition) is 1. The summed E-state index contributed by atoms with van der Waals surface area (Å²) in [4.78, 5) is -0.178. The van der Waals surface area contributed by atoms with Crippen molar-refractivity contribution in [3.05, 3.63) is 40.7 Å². The van der Waals surface area contributed by atoms with Crippen molar-refractivity contribution in [2.24, 2.45) is 0 Å². The Kier molecular flexibility index (Phi) is 4.63. The third-order valence-corrected chi connectivity index (χ3v) is 4.75. The Morgan fingerprint density at radius 2 is 2.00 bits per heavy atom. The van der Waals surface area contributed by atoms with E-state index in [1.54, 1.807) is 6.92 Å². The normalized spacial score (nSPS) is 12.4. The summed E-state index contributed by atoms with van der Waals surface area (Å²) in [5, 5.41) is 3.83. The highest BCUT2D eigenvalue weighted by Crippen LogP contribution is 2.37. The number of aromatic nitrogens is 2. The van der Waals surface area contributed by atoms with Crippen LogP contribution in [0.1, 0.15) is 18.2 Å². The van der Waals surface area contributed by atoms with Gasteiger partial charge in [0, 0.05) is 17.8 Å². The molecule has 1 heterocycles. The van der Waals surface area contributed by atoms with Gasteiger partial charge in [0.1, 0.15) is 4.90 Å². The van der Waals surface area contributed by atoms with Gasteiger partial charge in [-0.1, -0.05) is 11.6 Å². The second-order valence-corrected chi connectivity index (χ2v) is 6.81. The summed E-state index contributed by atoms with van der Waals surface area (Å²) in [7, 11) is -4.21. The predicted molar refractivity (Wildman–Crippen MR) is 79.9 cm³/mol. The number of alkyl halides is 3. The predicted octanol–water partition coefficient (Wildman–Crippen LogP) is 3.68. The summed E-state index contributed by atoms with van der Waals surface area (Å²) in [6.45, 7) is 3.66. The van der Waals surface area contributed by atoms with Gasteiger partial charge in [-0.05, 0) is 32.0 Å². The summed E-state index contributed by atoms with van der Waals surface area (Å²) in [5.74, 6) is 0. The molecular formula is C13H13ClF3N3O2S. The van der Waals surface area contributed by atoms with Gasteiger partial charge in [0.25, 0.3) is 10.0 Å². The number of benzene rings is 1. The van der Waals surface area contributed by atoms with Crippen LogP contribution in [0.5, 0.6) is 0 Å². The number of halogens is 4. The summed E-state index contributed by atoms with van der Waals surface area (Å²) in [5.41, 5.74) is -1.55. The van der Waals surface area contributed by atoms with Crippen LogP contribution in [0, 0.1) is 6.92 Å². The lowest BCUT2D eigenvalue weighted by Gasteiger charge is -2.14. The highest BCUT2D eigenvalue weighted by Gasteiger charge is 2.35. The molecule has 0 radical (unpaired) electrons. The molecule has 0 aliphatic rings. The van der Waals surface area contributed by atoms with Gasteiger partial charge in [-0.15, -0.1) is 0 Å². The van der Waals surface area contributed by atoms with Crippen LogP contribution in [0.25, 0.3) is 0 Å². The first-order valence-electron chi connectivity index (χ1n) is 6.48. The maximum absolute atomic E-state index is 13.0. The molecule has 2 aromatic rings. The molecule has 126 valence electrons. The largest absolute Gasteiger partial charge is 0.418 e. The van der Waals surface area contributed by atoms with Crippen molar-refractivity contribution in [2.45, 2.75) is 31.5 Å². The molecule has 0 spiro atoms. The molecule has 5 nitrogen and oxygen atoms in total. The molecule has 0 unspecified atom stereocenters. The maximum atomic E-state index is 13.0. The van der Waals surface area contributed by atoms with Crippen molar-refractivity contribution >= 4 is 27.3 Å². The van der Waals surface area contributed by atoms with E-state index in [0.29, 0.717) is 12.6 Å². The minimum absolute atomic E-state index is 0.143. The first-order chi connectivity index (χ1) is 10.5. The van der Waals surface area contributed by atoms with Crippen LogP contribution in [0.3, 0.4) is 0 Å². The van der Waals surface area contributed by atoms with E-state index in [1.165, 1.54) is 23.9 Å². The van der Waals surface area contributed by atoms with Gasteiger partial charge >= 0.3 is 6.18 Å². The lowest BCUT2D eigenvalue weighted by atomic mass is 10.2. The van der Waals surface area contributed by atoms with Gasteiger partial charge in [-0.3, -0.25) is 9.40 Å². The molecule has 1 aromatic carbocycles. The summed E-state index contributed by atoms with van der Waals surface area (Å²) < 4.78 is 67.1. The fourth-order valence-electron chi connectivity index (χ4n) is 1.97. The first-order valence-corrected chi connectivity index (χ1v) is 8.34. The van der Waals surface area contributed by atoms with E-state index in [2.05, 4.69) is 5.10 Å². The first kappa shape index (κ1) is 17.6. The number of nitrogens with one attached hydrogen (secondary N) is 1. The summed E-state index contributed by atoms with van der Waals surface area (Å²) >= 11 is 5.57. The Bertz CT molecular complexity index is 831. The van der Waals surface area contributed by atoms with Crippen LogP contribution in [-0.4, -0.2) is 18.2 Å². The maximum Gasteiger partial charge on any atom is 0.418 e. The van der Waals surface area contributed by atoms with Crippen molar-refractivity contribution in [1.29, 1.82) is 0 Å². The fraction of sp³-hybridized carbons (Fsp3) is 0.308. The Morgan fingerprint density at radius 1 is 1.35 bits per heavy atom. The molecule has 0 saturated heterocycles. The van der Waals surface area contributed by atoms with Crippen LogP contribution in [0.2, 0.25) is 5.02 Å². The molecular weight excluding hydrogens is 355 g/mol. The van der Waals surface area contributed by atoms with E-state index in [0.717, 1.165) is 6.07 Å². The van der Waals surface area contributed by atoms with Gasteiger partial charge < -0.3 is 0 Å². The minimum Gasteiger partial charge on any atom is -0.279 e. The molecule has 0 bridgehead atoms. The monoisotopic (exact) mass is 367 g/mol. The summed E-state index contributed by atoms with van der Waals surface area (Å²) in [6, 6.07) is 2.82. The fourth-order valence-corrected chi connectivity index (χ4v) is 3.40. The molecule has 0 saturated carbocycles. The topological polar surface area (TPSA) is 64.0 Å². The zero-order valence-corrected chi connectivity index (χ0v) is 13.7. The Morgan fingerprint density at radius 3 is 2.52 bits per heavy atom. The SMILES string of the molecule is CCn1cc(S(=O)(=O)Nc2ccc(Cl)cc2C(F)(F)F)c(C)n1. The molecule has 0 fully saturated rings. The third kappa shape index (κ3) is 3.78.